The highest BCUT2D eigenvalue weighted by molar-refractivity contribution is 5.70. The minimum atomic E-state index is -1.77. The van der Waals surface area contributed by atoms with E-state index in [1.165, 1.54) is 44.9 Å². The van der Waals surface area contributed by atoms with E-state index < -0.39 is 99.3 Å². The van der Waals surface area contributed by atoms with E-state index in [0.29, 0.717) is 12.8 Å². The molecule has 15 nitrogen and oxygen atoms in total. The maximum absolute atomic E-state index is 13.0. The molecule has 0 aromatic carbocycles. The van der Waals surface area contributed by atoms with Gasteiger partial charge in [0.2, 0.25) is 0 Å². The Morgan fingerprint density at radius 3 is 1.50 bits per heavy atom. The van der Waals surface area contributed by atoms with Crippen LogP contribution in [-0.2, 0) is 38.0 Å². The number of ether oxygens (including phenoxy) is 6. The van der Waals surface area contributed by atoms with E-state index in [4.69, 9.17) is 28.4 Å². The SMILES string of the molecule is CCCCC/C=C/C/C=C/C/C=C/CCCCCCC(=O)O[C@H](COC(=O)CCCCCCC/C=C/C=C/CCCCCC)CO[C@H]1O[C@@H](CO[C@H]2O[C@@H](CO)[C@@H](O)C(O)C2O)[C@@H](O)C(O)C1O. The third-order valence-corrected chi connectivity index (χ3v) is 12.0. The number of aliphatic hydroxyl groups excluding tert-OH is 7. The van der Waals surface area contributed by atoms with Gasteiger partial charge in [-0.15, -0.1) is 0 Å². The van der Waals surface area contributed by atoms with Crippen molar-refractivity contribution in [3.05, 3.63) is 60.8 Å². The molecule has 2 aliphatic heterocycles. The molecule has 7 N–H and O–H groups in total. The summed E-state index contributed by atoms with van der Waals surface area (Å²) < 4.78 is 33.5. The van der Waals surface area contributed by atoms with Crippen LogP contribution in [0.4, 0.5) is 0 Å². The summed E-state index contributed by atoms with van der Waals surface area (Å²) in [6.45, 7) is 2.49. The normalized spacial score (nSPS) is 26.2. The quantitative estimate of drug-likeness (QED) is 0.0139. The Kier molecular flexibility index (Phi) is 36.0. The van der Waals surface area contributed by atoms with Gasteiger partial charge in [-0.1, -0.05) is 139 Å². The maximum Gasteiger partial charge on any atom is 0.306 e. The highest BCUT2D eigenvalue weighted by Crippen LogP contribution is 2.26. The summed E-state index contributed by atoms with van der Waals surface area (Å²) in [5.74, 6) is -0.972. The molecule has 2 aliphatic rings. The van der Waals surface area contributed by atoms with Crippen LogP contribution in [0.25, 0.3) is 0 Å². The fourth-order valence-corrected chi connectivity index (χ4v) is 7.68. The van der Waals surface area contributed by atoms with Crippen LogP contribution in [0.3, 0.4) is 0 Å². The molecule has 2 fully saturated rings. The summed E-state index contributed by atoms with van der Waals surface area (Å²) in [7, 11) is 0. The van der Waals surface area contributed by atoms with Crippen LogP contribution in [0.5, 0.6) is 0 Å². The molecular weight excluding hydrogens is 877 g/mol. The van der Waals surface area contributed by atoms with Crippen molar-refractivity contribution in [1.29, 1.82) is 0 Å². The fraction of sp³-hybridized carbons (Fsp3) is 0.774. The molecule has 0 aliphatic carbocycles. The van der Waals surface area contributed by atoms with Crippen molar-refractivity contribution in [2.75, 3.05) is 26.4 Å². The average molecular weight is 967 g/mol. The van der Waals surface area contributed by atoms with Crippen LogP contribution in [0.1, 0.15) is 168 Å². The number of hydrogen-bond donors (Lipinski definition) is 7. The highest BCUT2D eigenvalue weighted by Gasteiger charge is 2.47. The number of carbonyl (C=O) groups excluding carboxylic acids is 2. The molecule has 0 bridgehead atoms. The number of hydrogen-bond acceptors (Lipinski definition) is 15. The smallest absolute Gasteiger partial charge is 0.306 e. The van der Waals surface area contributed by atoms with Gasteiger partial charge < -0.3 is 64.2 Å². The maximum atomic E-state index is 13.0. The van der Waals surface area contributed by atoms with E-state index in [1.807, 2.05) is 0 Å². The van der Waals surface area contributed by atoms with Gasteiger partial charge in [-0.2, -0.15) is 0 Å². The zero-order valence-electron chi connectivity index (χ0n) is 41.3. The lowest BCUT2D eigenvalue weighted by molar-refractivity contribution is -0.332. The first kappa shape index (κ1) is 61.3. The second-order valence-electron chi connectivity index (χ2n) is 18.0. The summed E-state index contributed by atoms with van der Waals surface area (Å²) in [5.41, 5.74) is 0. The predicted octanol–water partition coefficient (Wildman–Crippen LogP) is 7.27. The van der Waals surface area contributed by atoms with Crippen molar-refractivity contribution in [2.24, 2.45) is 0 Å². The first-order chi connectivity index (χ1) is 33.0. The lowest BCUT2D eigenvalue weighted by atomic mass is 9.98. The first-order valence-electron chi connectivity index (χ1n) is 25.9. The molecule has 0 aromatic heterocycles. The summed E-state index contributed by atoms with van der Waals surface area (Å²) >= 11 is 0. The lowest BCUT2D eigenvalue weighted by Gasteiger charge is -2.42. The molecule has 2 saturated heterocycles. The van der Waals surface area contributed by atoms with Gasteiger partial charge in [0.05, 0.1) is 19.8 Å². The first-order valence-corrected chi connectivity index (χ1v) is 25.9. The Morgan fingerprint density at radius 1 is 0.485 bits per heavy atom. The van der Waals surface area contributed by atoms with Crippen LogP contribution in [0.2, 0.25) is 0 Å². The van der Waals surface area contributed by atoms with E-state index in [1.54, 1.807) is 0 Å². The summed E-state index contributed by atoms with van der Waals surface area (Å²) in [4.78, 5) is 25.8. The van der Waals surface area contributed by atoms with Gasteiger partial charge in [0.1, 0.15) is 55.4 Å². The van der Waals surface area contributed by atoms with Gasteiger partial charge in [-0.3, -0.25) is 9.59 Å². The van der Waals surface area contributed by atoms with Crippen molar-refractivity contribution in [3.63, 3.8) is 0 Å². The number of unbranched alkanes of at least 4 members (excludes halogenated alkanes) is 16. The number of aliphatic hydroxyl groups is 7. The molecular formula is C53H90O15. The standard InChI is InChI=1S/C53H90O15/c1-3-5-7-9-11-13-15-17-19-20-22-24-26-28-30-32-34-36-45(56)66-41(38-63-44(55)35-33-31-29-27-25-23-21-18-16-14-12-10-8-6-4-2)39-64-52-51(62)49(60)47(58)43(68-52)40-65-53-50(61)48(59)46(57)42(37-54)67-53/h11,13-14,16-19,21-22,24,41-43,46-54,57-62H,3-10,12,15,20,23,25-40H2,1-2H3/b13-11+,16-14+,19-17+,21-18+,24-22+/t41-,42+,43+,46-,47-,48?,49?,50?,51?,52+,53+/m1/s1. The van der Waals surface area contributed by atoms with Crippen molar-refractivity contribution in [1.82, 2.24) is 0 Å². The second kappa shape index (κ2) is 39.9. The van der Waals surface area contributed by atoms with Gasteiger partial charge in [0.15, 0.2) is 18.7 Å². The molecule has 0 aromatic rings. The molecule has 392 valence electrons. The van der Waals surface area contributed by atoms with Crippen molar-refractivity contribution in [2.45, 2.75) is 235 Å². The van der Waals surface area contributed by atoms with Crippen LogP contribution < -0.4 is 0 Å². The van der Waals surface area contributed by atoms with Crippen LogP contribution in [0.15, 0.2) is 60.8 Å². The van der Waals surface area contributed by atoms with E-state index in [2.05, 4.69) is 74.6 Å². The molecule has 0 spiro atoms. The Balaban J connectivity index is 1.83. The molecule has 0 radical (unpaired) electrons. The van der Waals surface area contributed by atoms with E-state index >= 15 is 0 Å². The minimum Gasteiger partial charge on any atom is -0.462 e. The summed E-state index contributed by atoms with van der Waals surface area (Å²) in [5, 5.41) is 72.1. The predicted molar refractivity (Wildman–Crippen MR) is 261 cm³/mol. The van der Waals surface area contributed by atoms with Crippen LogP contribution in [-0.4, -0.2) is 142 Å². The van der Waals surface area contributed by atoms with E-state index in [0.717, 1.165) is 83.5 Å². The number of carbonyl (C=O) groups is 2. The largest absolute Gasteiger partial charge is 0.462 e. The molecule has 11 atom stereocenters. The van der Waals surface area contributed by atoms with E-state index in [-0.39, 0.29) is 19.4 Å². The van der Waals surface area contributed by atoms with Gasteiger partial charge in [0, 0.05) is 12.8 Å². The van der Waals surface area contributed by atoms with Gasteiger partial charge in [-0.05, 0) is 77.0 Å². The average Bonchev–Trinajstić information content (AvgIpc) is 3.33. The third kappa shape index (κ3) is 27.6. The highest BCUT2D eigenvalue weighted by atomic mass is 16.7. The van der Waals surface area contributed by atoms with Gasteiger partial charge >= 0.3 is 11.9 Å². The van der Waals surface area contributed by atoms with Gasteiger partial charge in [-0.25, -0.2) is 0 Å². The topological polar surface area (TPSA) is 231 Å². The van der Waals surface area contributed by atoms with Crippen molar-refractivity contribution < 1.29 is 73.8 Å². The van der Waals surface area contributed by atoms with Crippen molar-refractivity contribution >= 4 is 11.9 Å². The van der Waals surface area contributed by atoms with Gasteiger partial charge in [0.25, 0.3) is 0 Å². The van der Waals surface area contributed by atoms with E-state index in [9.17, 15) is 45.3 Å². The molecule has 0 saturated carbocycles. The number of rotatable bonds is 39. The molecule has 68 heavy (non-hydrogen) atoms. The zero-order chi connectivity index (χ0) is 49.6. The second-order valence-corrected chi connectivity index (χ2v) is 18.0. The third-order valence-electron chi connectivity index (χ3n) is 12.0. The fourth-order valence-electron chi connectivity index (χ4n) is 7.68. The Morgan fingerprint density at radius 2 is 0.926 bits per heavy atom. The Hall–Kier alpha value is -2.80. The monoisotopic (exact) mass is 967 g/mol. The Bertz CT molecular complexity index is 1420. The number of allylic oxidation sites excluding steroid dienone is 10. The molecule has 0 amide bonds. The summed E-state index contributed by atoms with van der Waals surface area (Å²) in [6.07, 6.45) is 28.1. The summed E-state index contributed by atoms with van der Waals surface area (Å²) in [6, 6.07) is 0. The van der Waals surface area contributed by atoms with Crippen LogP contribution in [0, 0.1) is 0 Å². The number of esters is 2. The Labute approximate surface area is 407 Å². The van der Waals surface area contributed by atoms with Crippen molar-refractivity contribution in [3.8, 4) is 0 Å². The van der Waals surface area contributed by atoms with Crippen LogP contribution >= 0.6 is 0 Å². The minimum absolute atomic E-state index is 0.134. The molecule has 15 heteroatoms. The molecule has 2 heterocycles. The molecule has 4 unspecified atom stereocenters. The zero-order valence-corrected chi connectivity index (χ0v) is 41.3. The molecule has 2 rings (SSSR count). The lowest BCUT2D eigenvalue weighted by Crippen LogP contribution is -2.61.